The predicted molar refractivity (Wildman–Crippen MR) is 69.6 cm³/mol. The van der Waals surface area contributed by atoms with Crippen molar-refractivity contribution in [3.05, 3.63) is 0 Å². The fourth-order valence-electron chi connectivity index (χ4n) is 1.93. The maximum absolute atomic E-state index is 8.89. The molecule has 0 aliphatic rings. The third-order valence-corrected chi connectivity index (χ3v) is 6.29. The molecule has 18 heavy (non-hydrogen) atoms. The van der Waals surface area contributed by atoms with E-state index < -0.39 is 14.8 Å². The molecule has 0 saturated heterocycles. The Balaban J connectivity index is 0. The number of carbonyl (C=O) groups is 1. The average Bonchev–Trinajstić information content (AvgIpc) is 2.23. The Kier molecular flexibility index (Phi) is 9.49. The molecular formula is C11H27NO5Si. The molecule has 1 atom stereocenters. The second-order valence-electron chi connectivity index (χ2n) is 4.75. The number of carboxylic acid groups (broad SMARTS) is 1. The predicted octanol–water partition coefficient (Wildman–Crippen LogP) is -0.355. The van der Waals surface area contributed by atoms with Gasteiger partial charge in [-0.1, -0.05) is 6.92 Å². The molecule has 7 heteroatoms. The summed E-state index contributed by atoms with van der Waals surface area (Å²) in [5, 5.41) is 8.89. The number of carbonyl (C=O) groups excluding carboxylic acids is 1. The molecule has 0 rings (SSSR count). The first kappa shape index (κ1) is 19.9. The number of quaternary nitrogens is 1. The van der Waals surface area contributed by atoms with Gasteiger partial charge >= 0.3 is 8.80 Å². The van der Waals surface area contributed by atoms with Crippen LogP contribution in [0.2, 0.25) is 0 Å². The standard InChI is InChI=1S/C9H24NO3Si.C2H4O2/c1-8-9(10(2,3)4)14(11-5,12-6)13-7;1-2(3)4/h9H,8H2,1-7H3;1H3,(H,3,4)/q+1;/p-1. The van der Waals surface area contributed by atoms with Gasteiger partial charge in [-0.05, 0) is 6.92 Å². The lowest BCUT2D eigenvalue weighted by Gasteiger charge is -2.40. The molecule has 1 unspecified atom stereocenters. The molecule has 0 aromatic heterocycles. The summed E-state index contributed by atoms with van der Waals surface area (Å²) in [5.74, 6) is -1.08. The minimum atomic E-state index is -2.51. The van der Waals surface area contributed by atoms with Crippen LogP contribution < -0.4 is 5.11 Å². The van der Waals surface area contributed by atoms with E-state index >= 15 is 0 Å². The molecule has 0 aliphatic carbocycles. The van der Waals surface area contributed by atoms with Crippen LogP contribution in [0.3, 0.4) is 0 Å². The van der Waals surface area contributed by atoms with E-state index in [9.17, 15) is 0 Å². The van der Waals surface area contributed by atoms with E-state index in [-0.39, 0.29) is 5.67 Å². The minimum absolute atomic E-state index is 0.266. The van der Waals surface area contributed by atoms with Crippen molar-refractivity contribution in [2.75, 3.05) is 42.5 Å². The number of nitrogens with zero attached hydrogens (tertiary/aromatic N) is 1. The highest BCUT2D eigenvalue weighted by Gasteiger charge is 2.54. The summed E-state index contributed by atoms with van der Waals surface area (Å²) in [6, 6.07) is 0. The third kappa shape index (κ3) is 6.46. The van der Waals surface area contributed by atoms with E-state index in [2.05, 4.69) is 28.1 Å². The van der Waals surface area contributed by atoms with E-state index in [4.69, 9.17) is 23.2 Å². The lowest BCUT2D eigenvalue weighted by atomic mass is 10.4. The molecule has 110 valence electrons. The second-order valence-corrected chi connectivity index (χ2v) is 7.85. The highest BCUT2D eigenvalue weighted by atomic mass is 28.4. The zero-order valence-electron chi connectivity index (χ0n) is 12.8. The lowest BCUT2D eigenvalue weighted by Crippen LogP contribution is -2.65. The Hall–Kier alpha value is -0.473. The molecular weight excluding hydrogens is 254 g/mol. The van der Waals surface area contributed by atoms with E-state index in [1.54, 1.807) is 21.3 Å². The van der Waals surface area contributed by atoms with Gasteiger partial charge in [-0.2, -0.15) is 0 Å². The number of rotatable bonds is 6. The smallest absolute Gasteiger partial charge is 0.550 e. The Morgan fingerprint density at radius 1 is 1.17 bits per heavy atom. The van der Waals surface area contributed by atoms with Crippen LogP contribution in [-0.2, 0) is 18.1 Å². The number of hydrogen-bond donors (Lipinski definition) is 0. The van der Waals surface area contributed by atoms with Crippen molar-refractivity contribution in [1.82, 2.24) is 0 Å². The molecule has 0 saturated carbocycles. The molecule has 0 radical (unpaired) electrons. The van der Waals surface area contributed by atoms with Gasteiger partial charge in [0.25, 0.3) is 0 Å². The van der Waals surface area contributed by atoms with Crippen molar-refractivity contribution in [1.29, 1.82) is 0 Å². The monoisotopic (exact) mass is 281 g/mol. The highest BCUT2D eigenvalue weighted by Crippen LogP contribution is 2.22. The normalized spacial score (nSPS) is 13.6. The number of carboxylic acids is 1. The molecule has 0 aliphatic heterocycles. The van der Waals surface area contributed by atoms with Crippen LogP contribution in [-0.4, -0.2) is 67.4 Å². The van der Waals surface area contributed by atoms with Gasteiger partial charge in [-0.25, -0.2) is 0 Å². The summed E-state index contributed by atoms with van der Waals surface area (Å²) in [6.07, 6.45) is 0.977. The van der Waals surface area contributed by atoms with Gasteiger partial charge in [0.05, 0.1) is 21.1 Å². The van der Waals surface area contributed by atoms with Crippen molar-refractivity contribution in [3.63, 3.8) is 0 Å². The van der Waals surface area contributed by atoms with Crippen molar-refractivity contribution < 1.29 is 27.7 Å². The Morgan fingerprint density at radius 2 is 1.44 bits per heavy atom. The largest absolute Gasteiger partial charge is 0.561 e. The van der Waals surface area contributed by atoms with Gasteiger partial charge < -0.3 is 27.7 Å². The van der Waals surface area contributed by atoms with E-state index in [1.165, 1.54) is 0 Å². The van der Waals surface area contributed by atoms with Crippen LogP contribution in [0, 0.1) is 0 Å². The molecule has 0 N–H and O–H groups in total. The first-order valence-electron chi connectivity index (χ1n) is 5.75. The van der Waals surface area contributed by atoms with Crippen LogP contribution in [0.1, 0.15) is 20.3 Å². The van der Waals surface area contributed by atoms with E-state index in [0.717, 1.165) is 17.8 Å². The number of aliphatic carboxylic acids is 1. The summed E-state index contributed by atoms with van der Waals surface area (Å²) in [7, 11) is 8.88. The first-order chi connectivity index (χ1) is 8.11. The topological polar surface area (TPSA) is 67.8 Å². The Labute approximate surface area is 111 Å². The van der Waals surface area contributed by atoms with Gasteiger partial charge in [0.1, 0.15) is 0 Å². The van der Waals surface area contributed by atoms with Gasteiger partial charge in [-0.15, -0.1) is 0 Å². The summed E-state index contributed by atoms with van der Waals surface area (Å²) in [4.78, 5) is 8.89. The molecule has 0 bridgehead atoms. The van der Waals surface area contributed by atoms with Gasteiger partial charge in [0.2, 0.25) is 0 Å². The van der Waals surface area contributed by atoms with Crippen LogP contribution in [0.4, 0.5) is 0 Å². The van der Waals surface area contributed by atoms with E-state index in [0.29, 0.717) is 0 Å². The molecule has 0 spiro atoms. The van der Waals surface area contributed by atoms with Crippen molar-refractivity contribution in [2.45, 2.75) is 25.9 Å². The van der Waals surface area contributed by atoms with E-state index in [1.807, 2.05) is 0 Å². The van der Waals surface area contributed by atoms with Crippen LogP contribution in [0.15, 0.2) is 0 Å². The average molecular weight is 281 g/mol. The first-order valence-corrected chi connectivity index (χ1v) is 7.55. The van der Waals surface area contributed by atoms with Crippen LogP contribution >= 0.6 is 0 Å². The van der Waals surface area contributed by atoms with Crippen LogP contribution in [0.5, 0.6) is 0 Å². The Bertz CT molecular complexity index is 226. The van der Waals surface area contributed by atoms with Crippen molar-refractivity contribution in [2.24, 2.45) is 0 Å². The fraction of sp³-hybridized carbons (Fsp3) is 0.909. The maximum Gasteiger partial charge on any atom is 0.561 e. The zero-order valence-corrected chi connectivity index (χ0v) is 13.8. The summed E-state index contributed by atoms with van der Waals surface area (Å²) >= 11 is 0. The SMILES string of the molecule is CC(=O)[O-].CCC([N+](C)(C)C)[Si](OC)(OC)OC. The summed E-state index contributed by atoms with van der Waals surface area (Å²) in [5.41, 5.74) is 0.266. The highest BCUT2D eigenvalue weighted by molar-refractivity contribution is 6.62. The van der Waals surface area contributed by atoms with Crippen molar-refractivity contribution in [3.8, 4) is 0 Å². The van der Waals surface area contributed by atoms with Gasteiger partial charge in [0.15, 0.2) is 5.67 Å². The van der Waals surface area contributed by atoms with Gasteiger partial charge in [0, 0.05) is 33.7 Å². The molecule has 0 amide bonds. The molecule has 0 aromatic carbocycles. The van der Waals surface area contributed by atoms with Crippen molar-refractivity contribution >= 4 is 14.8 Å². The third-order valence-electron chi connectivity index (χ3n) is 2.58. The molecule has 0 aromatic rings. The van der Waals surface area contributed by atoms with Gasteiger partial charge in [-0.3, -0.25) is 0 Å². The fourth-order valence-corrected chi connectivity index (χ4v) is 4.70. The zero-order chi connectivity index (χ0) is 15.0. The molecule has 0 fully saturated rings. The minimum Gasteiger partial charge on any atom is -0.550 e. The molecule has 0 heterocycles. The second kappa shape index (κ2) is 8.60. The summed E-state index contributed by atoms with van der Waals surface area (Å²) in [6.45, 7) is 3.10. The quantitative estimate of drug-likeness (QED) is 0.491. The lowest BCUT2D eigenvalue weighted by molar-refractivity contribution is -0.887. The maximum atomic E-state index is 8.89. The van der Waals surface area contributed by atoms with Crippen LogP contribution in [0.25, 0.3) is 0 Å². The number of hydrogen-bond acceptors (Lipinski definition) is 5. The Morgan fingerprint density at radius 3 is 1.50 bits per heavy atom. The summed E-state index contributed by atoms with van der Waals surface area (Å²) < 4.78 is 17.3. The molecule has 6 nitrogen and oxygen atoms in total.